The van der Waals surface area contributed by atoms with Gasteiger partial charge in [0.25, 0.3) is 0 Å². The van der Waals surface area contributed by atoms with Crippen LogP contribution in [-0.4, -0.2) is 4.98 Å². The zero-order chi connectivity index (χ0) is 12.5. The predicted octanol–water partition coefficient (Wildman–Crippen LogP) is 4.81. The maximum atomic E-state index is 4.80. The third kappa shape index (κ3) is 1.93. The standard InChI is InChI=1S/C16H15NS/c1-11-9-10-12(2)15-14(11)17-16(18-15)13-7-5-3-4-6-8-13/h3,5-10H,4H2,1-2H3. The number of aryl methyl sites for hydroxylation is 2. The van der Waals surface area contributed by atoms with Crippen molar-refractivity contribution in [2.45, 2.75) is 20.3 Å². The van der Waals surface area contributed by atoms with Crippen LogP contribution >= 0.6 is 11.3 Å². The summed E-state index contributed by atoms with van der Waals surface area (Å²) in [6.07, 6.45) is 11.8. The summed E-state index contributed by atoms with van der Waals surface area (Å²) in [6.45, 7) is 4.28. The van der Waals surface area contributed by atoms with Crippen LogP contribution in [0.15, 0.2) is 42.5 Å². The van der Waals surface area contributed by atoms with Crippen molar-refractivity contribution < 1.29 is 0 Å². The number of nitrogens with zero attached hydrogens (tertiary/aromatic N) is 1. The molecule has 1 aromatic carbocycles. The Hall–Kier alpha value is -1.67. The number of thiazole rings is 1. The maximum absolute atomic E-state index is 4.80. The number of hydrogen-bond acceptors (Lipinski definition) is 2. The SMILES string of the molecule is Cc1ccc(C)c2sc(C3=CC=CCC=C3)nc12. The lowest BCUT2D eigenvalue weighted by Crippen LogP contribution is -1.80. The van der Waals surface area contributed by atoms with Crippen LogP contribution in [-0.2, 0) is 0 Å². The summed E-state index contributed by atoms with van der Waals surface area (Å²) >= 11 is 1.79. The summed E-state index contributed by atoms with van der Waals surface area (Å²) in [5.41, 5.74) is 4.93. The molecule has 1 heterocycles. The number of rotatable bonds is 1. The quantitative estimate of drug-likeness (QED) is 0.710. The molecule has 3 rings (SSSR count). The van der Waals surface area contributed by atoms with E-state index in [0.29, 0.717) is 0 Å². The van der Waals surface area contributed by atoms with Gasteiger partial charge in [0.05, 0.1) is 10.2 Å². The van der Waals surface area contributed by atoms with E-state index >= 15 is 0 Å². The minimum atomic E-state index is 1.00. The molecule has 1 nitrogen and oxygen atoms in total. The summed E-state index contributed by atoms with van der Waals surface area (Å²) in [5, 5.41) is 1.12. The molecule has 0 spiro atoms. The molecule has 0 atom stereocenters. The molecule has 90 valence electrons. The van der Waals surface area contributed by atoms with Gasteiger partial charge in [0, 0.05) is 5.57 Å². The number of hydrogen-bond donors (Lipinski definition) is 0. The van der Waals surface area contributed by atoms with Crippen LogP contribution in [0.2, 0.25) is 0 Å². The van der Waals surface area contributed by atoms with Crippen LogP contribution < -0.4 is 0 Å². The highest BCUT2D eigenvalue weighted by atomic mass is 32.1. The summed E-state index contributed by atoms with van der Waals surface area (Å²) < 4.78 is 1.31. The fourth-order valence-electron chi connectivity index (χ4n) is 2.10. The van der Waals surface area contributed by atoms with Gasteiger partial charge in [0.15, 0.2) is 0 Å². The molecule has 1 aliphatic rings. The van der Waals surface area contributed by atoms with Gasteiger partial charge >= 0.3 is 0 Å². The molecule has 0 radical (unpaired) electrons. The van der Waals surface area contributed by atoms with Crippen LogP contribution in [0.4, 0.5) is 0 Å². The van der Waals surface area contributed by atoms with Gasteiger partial charge < -0.3 is 0 Å². The predicted molar refractivity (Wildman–Crippen MR) is 80.0 cm³/mol. The topological polar surface area (TPSA) is 12.9 Å². The molecule has 1 aliphatic carbocycles. The molecular weight excluding hydrogens is 238 g/mol. The van der Waals surface area contributed by atoms with Gasteiger partial charge in [0.1, 0.15) is 5.01 Å². The molecule has 0 amide bonds. The maximum Gasteiger partial charge on any atom is 0.124 e. The molecule has 2 aromatic rings. The van der Waals surface area contributed by atoms with Crippen molar-refractivity contribution in [2.24, 2.45) is 0 Å². The van der Waals surface area contributed by atoms with Gasteiger partial charge in [-0.3, -0.25) is 0 Å². The lowest BCUT2D eigenvalue weighted by molar-refractivity contribution is 1.37. The molecule has 2 heteroatoms. The van der Waals surface area contributed by atoms with Crippen LogP contribution in [0, 0.1) is 13.8 Å². The zero-order valence-corrected chi connectivity index (χ0v) is 11.4. The third-order valence-electron chi connectivity index (χ3n) is 3.17. The Labute approximate surface area is 111 Å². The smallest absolute Gasteiger partial charge is 0.124 e. The van der Waals surface area contributed by atoms with Crippen molar-refractivity contribution in [1.82, 2.24) is 4.98 Å². The fourth-order valence-corrected chi connectivity index (χ4v) is 3.22. The highest BCUT2D eigenvalue weighted by Gasteiger charge is 2.10. The second kappa shape index (κ2) is 4.54. The average molecular weight is 253 g/mol. The molecule has 1 aromatic heterocycles. The number of fused-ring (bicyclic) bond motifs is 1. The molecule has 0 saturated carbocycles. The van der Waals surface area contributed by atoms with E-state index in [9.17, 15) is 0 Å². The lowest BCUT2D eigenvalue weighted by Gasteiger charge is -1.96. The Morgan fingerprint density at radius 1 is 1.11 bits per heavy atom. The van der Waals surface area contributed by atoms with Crippen molar-refractivity contribution in [3.05, 3.63) is 58.6 Å². The van der Waals surface area contributed by atoms with E-state index in [1.165, 1.54) is 21.4 Å². The van der Waals surface area contributed by atoms with Crippen molar-refractivity contribution in [1.29, 1.82) is 0 Å². The number of allylic oxidation sites excluding steroid dienone is 6. The third-order valence-corrected chi connectivity index (χ3v) is 4.41. The van der Waals surface area contributed by atoms with Gasteiger partial charge in [-0.2, -0.15) is 0 Å². The van der Waals surface area contributed by atoms with E-state index in [1.807, 2.05) is 0 Å². The van der Waals surface area contributed by atoms with Crippen molar-refractivity contribution in [2.75, 3.05) is 0 Å². The number of aromatic nitrogens is 1. The largest absolute Gasteiger partial charge is 0.236 e. The van der Waals surface area contributed by atoms with E-state index in [1.54, 1.807) is 11.3 Å². The molecule has 0 fully saturated rings. The van der Waals surface area contributed by atoms with Gasteiger partial charge in [0.2, 0.25) is 0 Å². The first-order chi connectivity index (χ1) is 8.75. The highest BCUT2D eigenvalue weighted by molar-refractivity contribution is 7.19. The summed E-state index contributed by atoms with van der Waals surface area (Å²) in [6, 6.07) is 4.33. The van der Waals surface area contributed by atoms with E-state index in [0.717, 1.165) is 16.9 Å². The Kier molecular flexibility index (Phi) is 2.88. The van der Waals surface area contributed by atoms with Gasteiger partial charge in [-0.25, -0.2) is 4.98 Å². The van der Waals surface area contributed by atoms with E-state index in [4.69, 9.17) is 4.98 Å². The van der Waals surface area contributed by atoms with E-state index < -0.39 is 0 Å². The number of benzene rings is 1. The van der Waals surface area contributed by atoms with Crippen LogP contribution in [0.5, 0.6) is 0 Å². The normalized spacial score (nSPS) is 14.9. The van der Waals surface area contributed by atoms with Crippen LogP contribution in [0.25, 0.3) is 15.8 Å². The van der Waals surface area contributed by atoms with Crippen LogP contribution in [0.3, 0.4) is 0 Å². The van der Waals surface area contributed by atoms with Crippen LogP contribution in [0.1, 0.15) is 22.6 Å². The Bertz CT molecular complexity index is 647. The Morgan fingerprint density at radius 3 is 2.78 bits per heavy atom. The summed E-state index contributed by atoms with van der Waals surface area (Å²) in [7, 11) is 0. The summed E-state index contributed by atoms with van der Waals surface area (Å²) in [4.78, 5) is 4.80. The van der Waals surface area contributed by atoms with E-state index in [2.05, 4.69) is 56.4 Å². The molecule has 0 saturated heterocycles. The Morgan fingerprint density at radius 2 is 1.94 bits per heavy atom. The van der Waals surface area contributed by atoms with Gasteiger partial charge in [-0.1, -0.05) is 42.5 Å². The van der Waals surface area contributed by atoms with Crippen molar-refractivity contribution >= 4 is 27.1 Å². The minimum Gasteiger partial charge on any atom is -0.236 e. The van der Waals surface area contributed by atoms with E-state index in [-0.39, 0.29) is 0 Å². The summed E-state index contributed by atoms with van der Waals surface area (Å²) in [5.74, 6) is 0. The first-order valence-electron chi connectivity index (χ1n) is 6.16. The Balaban J connectivity index is 2.19. The zero-order valence-electron chi connectivity index (χ0n) is 10.6. The molecule has 0 unspecified atom stereocenters. The fraction of sp³-hybridized carbons (Fsp3) is 0.188. The molecule has 0 bridgehead atoms. The van der Waals surface area contributed by atoms with Crippen molar-refractivity contribution in [3.8, 4) is 0 Å². The van der Waals surface area contributed by atoms with Gasteiger partial charge in [-0.15, -0.1) is 11.3 Å². The van der Waals surface area contributed by atoms with Crippen molar-refractivity contribution in [3.63, 3.8) is 0 Å². The highest BCUT2D eigenvalue weighted by Crippen LogP contribution is 2.32. The molecule has 18 heavy (non-hydrogen) atoms. The second-order valence-corrected chi connectivity index (χ2v) is 5.58. The lowest BCUT2D eigenvalue weighted by atomic mass is 10.1. The monoisotopic (exact) mass is 253 g/mol. The first-order valence-corrected chi connectivity index (χ1v) is 6.98. The van der Waals surface area contributed by atoms with Gasteiger partial charge in [-0.05, 0) is 31.4 Å². The molecule has 0 aliphatic heterocycles. The molecule has 0 N–H and O–H groups in total. The average Bonchev–Trinajstić information content (AvgIpc) is 2.65. The second-order valence-electron chi connectivity index (χ2n) is 4.58. The first kappa shape index (κ1) is 11.4. The molecular formula is C16H15NS. The minimum absolute atomic E-state index is 1.00.